The molecule has 6 nitrogen and oxygen atoms in total. The molecule has 35 heavy (non-hydrogen) atoms. The number of nitrogens with zero attached hydrogens (tertiary/aromatic N) is 1. The lowest BCUT2D eigenvalue weighted by molar-refractivity contribution is -0.0116. The topological polar surface area (TPSA) is 83.9 Å². The van der Waals surface area contributed by atoms with Crippen LogP contribution in [0.3, 0.4) is 0 Å². The van der Waals surface area contributed by atoms with Gasteiger partial charge < -0.3 is 14.7 Å². The molecule has 0 spiro atoms. The molecule has 1 aliphatic rings. The number of sulfone groups is 1. The summed E-state index contributed by atoms with van der Waals surface area (Å²) in [4.78, 5) is 14.5. The number of carbonyl (C=O) groups is 1. The number of halogens is 1. The predicted molar refractivity (Wildman–Crippen MR) is 130 cm³/mol. The largest absolute Gasteiger partial charge is 0.415 e. The molecule has 1 atom stereocenters. The molecule has 0 saturated carbocycles. The van der Waals surface area contributed by atoms with Crippen LogP contribution in [0.25, 0.3) is 0 Å². The van der Waals surface area contributed by atoms with Gasteiger partial charge >= 0.3 is 6.09 Å². The second-order valence-electron chi connectivity index (χ2n) is 8.64. The summed E-state index contributed by atoms with van der Waals surface area (Å²) in [5, 5.41) is 11.9. The van der Waals surface area contributed by atoms with Gasteiger partial charge in [0.2, 0.25) is 0 Å². The molecule has 1 saturated heterocycles. The van der Waals surface area contributed by atoms with E-state index in [4.69, 9.17) is 4.74 Å². The number of benzene rings is 3. The van der Waals surface area contributed by atoms with Gasteiger partial charge in [-0.15, -0.1) is 0 Å². The summed E-state index contributed by atoms with van der Waals surface area (Å²) in [6, 6.07) is 21.0. The second-order valence-corrected chi connectivity index (χ2v) is 10.9. The summed E-state index contributed by atoms with van der Waals surface area (Å²) in [6.45, 7) is 2.33. The number of ether oxygens (including phenoxy) is 1. The lowest BCUT2D eigenvalue weighted by Gasteiger charge is -2.42. The van der Waals surface area contributed by atoms with Crippen LogP contribution in [-0.4, -0.2) is 43.4 Å². The highest BCUT2D eigenvalue weighted by molar-refractivity contribution is 7.91. The van der Waals surface area contributed by atoms with Gasteiger partial charge in [-0.25, -0.2) is 17.6 Å². The van der Waals surface area contributed by atoms with Crippen LogP contribution in [0, 0.1) is 11.7 Å². The third-order valence-corrected chi connectivity index (χ3v) is 8.36. The number of amides is 1. The molecule has 1 amide bonds. The van der Waals surface area contributed by atoms with Gasteiger partial charge in [0.15, 0.2) is 9.84 Å². The van der Waals surface area contributed by atoms with Crippen LogP contribution in [0.15, 0.2) is 83.8 Å². The Kier molecular flexibility index (Phi) is 7.23. The van der Waals surface area contributed by atoms with Crippen molar-refractivity contribution < 1.29 is 27.4 Å². The summed E-state index contributed by atoms with van der Waals surface area (Å²) in [6.07, 6.45) is 0.511. The molecule has 0 aliphatic carbocycles. The predicted octanol–water partition coefficient (Wildman–Crippen LogP) is 4.77. The van der Waals surface area contributed by atoms with Gasteiger partial charge in [-0.2, -0.15) is 0 Å². The monoisotopic (exact) mass is 497 g/mol. The highest BCUT2D eigenvalue weighted by Crippen LogP contribution is 2.42. The molecular formula is C27H28FNO5S. The first-order chi connectivity index (χ1) is 16.7. The molecule has 4 rings (SSSR count). The van der Waals surface area contributed by atoms with E-state index < -0.39 is 21.5 Å². The van der Waals surface area contributed by atoms with Gasteiger partial charge in [-0.3, -0.25) is 0 Å². The van der Waals surface area contributed by atoms with E-state index in [9.17, 15) is 22.7 Å². The van der Waals surface area contributed by atoms with E-state index in [2.05, 4.69) is 0 Å². The standard InChI is InChI=1S/C27H28FNO5S/c1-2-35(32,33)25-14-12-24(13-15-25)34-26(30)29-18-16-22(17-19-29)27(31,20-6-4-3-5-7-20)21-8-10-23(28)11-9-21/h3-15,22,31H,2,16-19H2,1H3. The van der Waals surface area contributed by atoms with Gasteiger partial charge in [-0.1, -0.05) is 49.4 Å². The fourth-order valence-corrected chi connectivity index (χ4v) is 5.45. The molecule has 3 aromatic carbocycles. The molecular weight excluding hydrogens is 469 g/mol. The van der Waals surface area contributed by atoms with Crippen molar-refractivity contribution in [1.82, 2.24) is 4.90 Å². The quantitative estimate of drug-likeness (QED) is 0.531. The Hall–Kier alpha value is -3.23. The molecule has 0 radical (unpaired) electrons. The molecule has 1 N–H and O–H groups in total. The van der Waals surface area contributed by atoms with Crippen molar-refractivity contribution in [3.8, 4) is 5.75 Å². The Labute approximate surface area is 204 Å². The molecule has 3 aromatic rings. The Morgan fingerprint density at radius 2 is 1.54 bits per heavy atom. The highest BCUT2D eigenvalue weighted by Gasteiger charge is 2.42. The lowest BCUT2D eigenvalue weighted by Crippen LogP contribution is -2.46. The van der Waals surface area contributed by atoms with Gasteiger partial charge in [0, 0.05) is 13.1 Å². The van der Waals surface area contributed by atoms with Crippen LogP contribution < -0.4 is 4.74 Å². The van der Waals surface area contributed by atoms with Crippen molar-refractivity contribution in [3.63, 3.8) is 0 Å². The number of hydrogen-bond donors (Lipinski definition) is 1. The van der Waals surface area contributed by atoms with Crippen LogP contribution in [-0.2, 0) is 15.4 Å². The van der Waals surface area contributed by atoms with Crippen LogP contribution in [0.1, 0.15) is 30.9 Å². The summed E-state index contributed by atoms with van der Waals surface area (Å²) >= 11 is 0. The molecule has 8 heteroatoms. The van der Waals surface area contributed by atoms with E-state index in [0.717, 1.165) is 5.56 Å². The zero-order valence-corrected chi connectivity index (χ0v) is 20.2. The van der Waals surface area contributed by atoms with Crippen LogP contribution in [0.4, 0.5) is 9.18 Å². The number of hydrogen-bond acceptors (Lipinski definition) is 5. The lowest BCUT2D eigenvalue weighted by atomic mass is 9.72. The van der Waals surface area contributed by atoms with E-state index in [1.807, 2.05) is 30.3 Å². The minimum atomic E-state index is -3.33. The summed E-state index contributed by atoms with van der Waals surface area (Å²) in [7, 11) is -3.33. The molecule has 1 aliphatic heterocycles. The van der Waals surface area contributed by atoms with Crippen LogP contribution in [0.2, 0.25) is 0 Å². The number of likely N-dealkylation sites (tertiary alicyclic amines) is 1. The van der Waals surface area contributed by atoms with Gasteiger partial charge in [0.1, 0.15) is 17.2 Å². The number of rotatable bonds is 6. The first-order valence-electron chi connectivity index (χ1n) is 11.6. The van der Waals surface area contributed by atoms with Crippen molar-refractivity contribution >= 4 is 15.9 Å². The Morgan fingerprint density at radius 1 is 0.971 bits per heavy atom. The third-order valence-electron chi connectivity index (χ3n) is 6.61. The number of aliphatic hydroxyl groups is 1. The summed E-state index contributed by atoms with van der Waals surface area (Å²) in [5.41, 5.74) is -0.00560. The van der Waals surface area contributed by atoms with E-state index >= 15 is 0 Å². The maximum absolute atomic E-state index is 13.6. The van der Waals surface area contributed by atoms with Gasteiger partial charge in [0.05, 0.1) is 10.6 Å². The van der Waals surface area contributed by atoms with Crippen molar-refractivity contribution in [2.75, 3.05) is 18.8 Å². The fraction of sp³-hybridized carbons (Fsp3) is 0.296. The third kappa shape index (κ3) is 5.23. The maximum Gasteiger partial charge on any atom is 0.415 e. The molecule has 184 valence electrons. The Morgan fingerprint density at radius 3 is 2.11 bits per heavy atom. The SMILES string of the molecule is CCS(=O)(=O)c1ccc(OC(=O)N2CCC(C(O)(c3ccccc3)c3ccc(F)cc3)CC2)cc1. The van der Waals surface area contributed by atoms with Crippen molar-refractivity contribution in [1.29, 1.82) is 0 Å². The average Bonchev–Trinajstić information content (AvgIpc) is 2.89. The smallest absolute Gasteiger partial charge is 0.410 e. The van der Waals surface area contributed by atoms with Crippen molar-refractivity contribution in [2.24, 2.45) is 5.92 Å². The second kappa shape index (κ2) is 10.2. The first kappa shape index (κ1) is 24.9. The molecule has 0 bridgehead atoms. The fourth-order valence-electron chi connectivity index (χ4n) is 4.56. The normalized spacial score (nSPS) is 16.5. The number of carbonyl (C=O) groups excluding carboxylic acids is 1. The van der Waals surface area contributed by atoms with E-state index in [1.165, 1.54) is 36.4 Å². The highest BCUT2D eigenvalue weighted by atomic mass is 32.2. The number of piperidine rings is 1. The van der Waals surface area contributed by atoms with E-state index in [1.54, 1.807) is 24.0 Å². The van der Waals surface area contributed by atoms with Crippen LogP contribution >= 0.6 is 0 Å². The molecule has 1 fully saturated rings. The summed E-state index contributed by atoms with van der Waals surface area (Å²) < 4.78 is 42.9. The minimum Gasteiger partial charge on any atom is -0.410 e. The van der Waals surface area contributed by atoms with Gasteiger partial charge in [-0.05, 0) is 66.3 Å². The van der Waals surface area contributed by atoms with Crippen LogP contribution in [0.5, 0.6) is 5.75 Å². The first-order valence-corrected chi connectivity index (χ1v) is 13.2. The molecule has 1 unspecified atom stereocenters. The van der Waals surface area contributed by atoms with Gasteiger partial charge in [0.25, 0.3) is 0 Å². The Bertz CT molecular complexity index is 1260. The maximum atomic E-state index is 13.6. The van der Waals surface area contributed by atoms with Crippen molar-refractivity contribution in [2.45, 2.75) is 30.3 Å². The molecule has 1 heterocycles. The zero-order chi connectivity index (χ0) is 25.1. The summed E-state index contributed by atoms with van der Waals surface area (Å²) in [5.74, 6) is -0.312. The minimum absolute atomic E-state index is 0.00562. The van der Waals surface area contributed by atoms with E-state index in [0.29, 0.717) is 31.5 Å². The zero-order valence-electron chi connectivity index (χ0n) is 19.4. The average molecular weight is 498 g/mol. The molecule has 0 aromatic heterocycles. The Balaban J connectivity index is 1.46. The van der Waals surface area contributed by atoms with E-state index in [-0.39, 0.29) is 28.1 Å². The van der Waals surface area contributed by atoms with Crippen molar-refractivity contribution in [3.05, 3.63) is 95.8 Å².